The summed E-state index contributed by atoms with van der Waals surface area (Å²) in [7, 11) is 1.59. The minimum Gasteiger partial charge on any atom is -0.497 e. The van der Waals surface area contributed by atoms with E-state index in [0.29, 0.717) is 49.0 Å². The van der Waals surface area contributed by atoms with Crippen LogP contribution in [0, 0.1) is 5.82 Å². The maximum absolute atomic E-state index is 14.3. The average molecular weight is 624 g/mol. The number of benzene rings is 4. The number of carbonyl (C=O) groups is 1. The predicted octanol–water partition coefficient (Wildman–Crippen LogP) is 5.82. The third-order valence-corrected chi connectivity index (χ3v) is 7.62. The fourth-order valence-electron chi connectivity index (χ4n) is 5.17. The molecule has 9 heteroatoms. The molecule has 0 spiro atoms. The van der Waals surface area contributed by atoms with E-state index in [2.05, 4.69) is 10.9 Å². The van der Waals surface area contributed by atoms with Crippen molar-refractivity contribution in [3.05, 3.63) is 137 Å². The SMILES string of the molecule is COc1cccc([C@@H]2OC(c3ccc(OCCCO)cc3)=N[C@]2(C/C=C/c2ccccc2)C(=O)NNCCc2ccc(F)cc2)c1. The molecule has 1 aliphatic rings. The molecule has 4 aromatic rings. The van der Waals surface area contributed by atoms with E-state index in [9.17, 15) is 9.18 Å². The zero-order valence-corrected chi connectivity index (χ0v) is 25.7. The van der Waals surface area contributed by atoms with E-state index in [1.54, 1.807) is 19.2 Å². The van der Waals surface area contributed by atoms with Crippen LogP contribution in [0.1, 0.15) is 41.2 Å². The van der Waals surface area contributed by atoms with Crippen LogP contribution in [0.5, 0.6) is 11.5 Å². The number of rotatable bonds is 15. The normalized spacial score (nSPS) is 17.4. The number of hydrogen-bond donors (Lipinski definition) is 3. The topological polar surface area (TPSA) is 101 Å². The zero-order valence-electron chi connectivity index (χ0n) is 25.7. The lowest BCUT2D eigenvalue weighted by molar-refractivity contribution is -0.129. The van der Waals surface area contributed by atoms with E-state index in [0.717, 1.165) is 16.7 Å². The Bertz CT molecular complexity index is 1630. The highest BCUT2D eigenvalue weighted by Gasteiger charge is 2.52. The summed E-state index contributed by atoms with van der Waals surface area (Å²) in [5.74, 6) is 0.948. The molecule has 0 fully saturated rings. The summed E-state index contributed by atoms with van der Waals surface area (Å²) in [6.07, 6.45) is 4.48. The highest BCUT2D eigenvalue weighted by Crippen LogP contribution is 2.43. The summed E-state index contributed by atoms with van der Waals surface area (Å²) < 4.78 is 31.1. The second kappa shape index (κ2) is 15.8. The van der Waals surface area contributed by atoms with Gasteiger partial charge in [-0.25, -0.2) is 14.8 Å². The lowest BCUT2D eigenvalue weighted by Crippen LogP contribution is -2.52. The van der Waals surface area contributed by atoms with E-state index in [1.807, 2.05) is 91.0 Å². The molecule has 0 radical (unpaired) electrons. The largest absolute Gasteiger partial charge is 0.497 e. The van der Waals surface area contributed by atoms with Gasteiger partial charge in [0.15, 0.2) is 11.6 Å². The Kier molecular flexibility index (Phi) is 11.2. The third kappa shape index (κ3) is 8.18. The van der Waals surface area contributed by atoms with Gasteiger partial charge in [-0.3, -0.25) is 10.2 Å². The summed E-state index contributed by atoms with van der Waals surface area (Å²) >= 11 is 0. The molecular formula is C37H38FN3O5. The van der Waals surface area contributed by atoms with Crippen molar-refractivity contribution in [1.29, 1.82) is 0 Å². The van der Waals surface area contributed by atoms with Crippen LogP contribution in [0.15, 0.2) is 114 Å². The molecule has 0 aliphatic carbocycles. The number of carbonyl (C=O) groups excluding carboxylic acids is 1. The van der Waals surface area contributed by atoms with Crippen molar-refractivity contribution < 1.29 is 28.5 Å². The summed E-state index contributed by atoms with van der Waals surface area (Å²) in [5.41, 5.74) is 7.88. The summed E-state index contributed by atoms with van der Waals surface area (Å²) in [4.78, 5) is 19.3. The van der Waals surface area contributed by atoms with Gasteiger partial charge in [0.25, 0.3) is 5.91 Å². The van der Waals surface area contributed by atoms with Crippen LogP contribution < -0.4 is 20.3 Å². The van der Waals surface area contributed by atoms with Crippen molar-refractivity contribution in [2.75, 3.05) is 26.9 Å². The van der Waals surface area contributed by atoms with E-state index in [4.69, 9.17) is 24.3 Å². The Hall–Kier alpha value is -4.99. The van der Waals surface area contributed by atoms with E-state index in [-0.39, 0.29) is 24.8 Å². The molecule has 2 atom stereocenters. The minimum atomic E-state index is -1.38. The van der Waals surface area contributed by atoms with Gasteiger partial charge in [-0.05, 0) is 71.6 Å². The second-order valence-electron chi connectivity index (χ2n) is 10.8. The lowest BCUT2D eigenvalue weighted by Gasteiger charge is -2.30. The quantitative estimate of drug-likeness (QED) is 0.114. The lowest BCUT2D eigenvalue weighted by atomic mass is 9.84. The molecule has 0 unspecified atom stereocenters. The van der Waals surface area contributed by atoms with Crippen LogP contribution in [0.25, 0.3) is 6.08 Å². The molecule has 0 bridgehead atoms. The molecule has 3 N–H and O–H groups in total. The number of hydrogen-bond acceptors (Lipinski definition) is 7. The Morgan fingerprint density at radius 1 is 1.00 bits per heavy atom. The van der Waals surface area contributed by atoms with Gasteiger partial charge in [0.2, 0.25) is 5.90 Å². The van der Waals surface area contributed by atoms with Gasteiger partial charge in [-0.1, -0.05) is 66.7 Å². The Morgan fingerprint density at radius 3 is 2.52 bits per heavy atom. The first-order chi connectivity index (χ1) is 22.5. The average Bonchev–Trinajstić information content (AvgIpc) is 3.49. The number of nitrogens with zero attached hydrogens (tertiary/aromatic N) is 1. The summed E-state index contributed by atoms with van der Waals surface area (Å²) in [6.45, 7) is 0.876. The molecule has 8 nitrogen and oxygen atoms in total. The first-order valence-electron chi connectivity index (χ1n) is 15.2. The molecule has 0 saturated carbocycles. The van der Waals surface area contributed by atoms with Crippen molar-refractivity contribution in [3.8, 4) is 11.5 Å². The molecule has 238 valence electrons. The molecule has 1 aliphatic heterocycles. The van der Waals surface area contributed by atoms with Crippen LogP contribution in [0.4, 0.5) is 4.39 Å². The molecule has 0 aromatic heterocycles. The van der Waals surface area contributed by atoms with Crippen LogP contribution in [-0.2, 0) is 16.0 Å². The van der Waals surface area contributed by atoms with Crippen molar-refractivity contribution >= 4 is 17.9 Å². The number of hydrazine groups is 1. The molecule has 46 heavy (non-hydrogen) atoms. The molecule has 1 heterocycles. The van der Waals surface area contributed by atoms with E-state index >= 15 is 0 Å². The smallest absolute Gasteiger partial charge is 0.266 e. The monoisotopic (exact) mass is 623 g/mol. The Morgan fingerprint density at radius 2 is 1.78 bits per heavy atom. The van der Waals surface area contributed by atoms with Gasteiger partial charge in [0.1, 0.15) is 17.3 Å². The Balaban J connectivity index is 1.46. The number of ether oxygens (including phenoxy) is 3. The number of amides is 1. The number of aliphatic hydroxyl groups excluding tert-OH is 1. The summed E-state index contributed by atoms with van der Waals surface area (Å²) in [6, 6.07) is 30.9. The zero-order chi connectivity index (χ0) is 32.2. The van der Waals surface area contributed by atoms with Gasteiger partial charge >= 0.3 is 0 Å². The van der Waals surface area contributed by atoms with E-state index in [1.165, 1.54) is 12.1 Å². The maximum atomic E-state index is 14.3. The standard InChI is InChI=1S/C37H38FN3O5/c1-44-33-12-5-11-30(26-33)34-37(22-6-10-27-8-3-2-4-9-27,36(43)41-39-23-21-28-13-17-31(38)18-14-28)40-35(46-34)29-15-19-32(20-16-29)45-25-7-24-42/h2-6,8-20,26,34,39,42H,7,21-25H2,1H3,(H,41,43)/b10-6+/t34-,37-/m0/s1. The van der Waals surface area contributed by atoms with Crippen LogP contribution >= 0.6 is 0 Å². The molecule has 1 amide bonds. The van der Waals surface area contributed by atoms with Crippen molar-refractivity contribution in [2.24, 2.45) is 4.99 Å². The van der Waals surface area contributed by atoms with Crippen molar-refractivity contribution in [3.63, 3.8) is 0 Å². The number of nitrogens with one attached hydrogen (secondary N) is 2. The van der Waals surface area contributed by atoms with Gasteiger partial charge in [0.05, 0.1) is 13.7 Å². The highest BCUT2D eigenvalue weighted by molar-refractivity contribution is 6.01. The van der Waals surface area contributed by atoms with Gasteiger partial charge < -0.3 is 19.3 Å². The number of methoxy groups -OCH3 is 1. The third-order valence-electron chi connectivity index (χ3n) is 7.62. The van der Waals surface area contributed by atoms with Crippen LogP contribution in [0.2, 0.25) is 0 Å². The fraction of sp³-hybridized carbons (Fsp3) is 0.243. The number of aliphatic imine (C=N–C) groups is 1. The molecule has 4 aromatic carbocycles. The molecule has 5 rings (SSSR count). The van der Waals surface area contributed by atoms with Crippen molar-refractivity contribution in [1.82, 2.24) is 10.9 Å². The van der Waals surface area contributed by atoms with Crippen molar-refractivity contribution in [2.45, 2.75) is 30.9 Å². The van der Waals surface area contributed by atoms with Gasteiger partial charge in [-0.15, -0.1) is 0 Å². The summed E-state index contributed by atoms with van der Waals surface area (Å²) in [5, 5.41) is 9.06. The van der Waals surface area contributed by atoms with Gasteiger partial charge in [-0.2, -0.15) is 0 Å². The Labute approximate surface area is 268 Å². The first kappa shape index (κ1) is 32.4. The number of halogens is 1. The molecule has 0 saturated heterocycles. The first-order valence-corrected chi connectivity index (χ1v) is 15.2. The number of aliphatic hydroxyl groups is 1. The van der Waals surface area contributed by atoms with E-state index < -0.39 is 11.6 Å². The fourth-order valence-corrected chi connectivity index (χ4v) is 5.17. The van der Waals surface area contributed by atoms with Crippen LogP contribution in [0.3, 0.4) is 0 Å². The predicted molar refractivity (Wildman–Crippen MR) is 176 cm³/mol. The molecular weight excluding hydrogens is 585 g/mol. The highest BCUT2D eigenvalue weighted by atomic mass is 19.1. The minimum absolute atomic E-state index is 0.0539. The second-order valence-corrected chi connectivity index (χ2v) is 10.8. The van der Waals surface area contributed by atoms with Gasteiger partial charge in [0, 0.05) is 31.6 Å². The van der Waals surface area contributed by atoms with Crippen LogP contribution in [-0.4, -0.2) is 49.3 Å². The maximum Gasteiger partial charge on any atom is 0.266 e.